The maximum atomic E-state index is 13.3. The molecule has 5 aromatic rings. The maximum Gasteiger partial charge on any atom is 0.295 e. The molecule has 8 nitrogen and oxygen atoms in total. The van der Waals surface area contributed by atoms with Gasteiger partial charge in [0.1, 0.15) is 11.5 Å². The minimum Gasteiger partial charge on any atom is -0.318 e. The van der Waals surface area contributed by atoms with Gasteiger partial charge in [0.25, 0.3) is 5.56 Å². The van der Waals surface area contributed by atoms with Gasteiger partial charge in [-0.05, 0) is 36.4 Å². The lowest BCUT2D eigenvalue weighted by Crippen LogP contribution is -2.12. The summed E-state index contributed by atoms with van der Waals surface area (Å²) in [4.78, 5) is 29.1. The number of halogens is 2. The van der Waals surface area contributed by atoms with Crippen LogP contribution in [0.25, 0.3) is 27.9 Å². The van der Waals surface area contributed by atoms with Crippen LogP contribution in [0.1, 0.15) is 0 Å². The van der Waals surface area contributed by atoms with E-state index in [0.717, 1.165) is 0 Å². The van der Waals surface area contributed by atoms with Crippen LogP contribution in [0.4, 0.5) is 16.0 Å². The Morgan fingerprint density at radius 3 is 2.70 bits per heavy atom. The van der Waals surface area contributed by atoms with Crippen molar-refractivity contribution >= 4 is 39.8 Å². The predicted molar refractivity (Wildman–Crippen MR) is 110 cm³/mol. The first-order valence-electron chi connectivity index (χ1n) is 8.78. The van der Waals surface area contributed by atoms with E-state index in [0.29, 0.717) is 33.0 Å². The van der Waals surface area contributed by atoms with Gasteiger partial charge in [0.05, 0.1) is 22.1 Å². The zero-order chi connectivity index (χ0) is 20.7. The zero-order valence-electron chi connectivity index (χ0n) is 15.1. The van der Waals surface area contributed by atoms with Crippen molar-refractivity contribution in [1.82, 2.24) is 29.5 Å². The minimum absolute atomic E-state index is 0.119. The number of hydrogen-bond acceptors (Lipinski definition) is 7. The Bertz CT molecular complexity index is 1470. The van der Waals surface area contributed by atoms with E-state index in [-0.39, 0.29) is 17.5 Å². The Kier molecular flexibility index (Phi) is 4.29. The van der Waals surface area contributed by atoms with E-state index in [1.165, 1.54) is 35.2 Å². The molecule has 0 aliphatic heterocycles. The molecular weight excluding hydrogens is 409 g/mol. The van der Waals surface area contributed by atoms with Crippen LogP contribution in [0.2, 0.25) is 5.02 Å². The molecule has 0 saturated carbocycles. The lowest BCUT2D eigenvalue weighted by molar-refractivity contribution is 0.628. The number of hydrogen-bond donors (Lipinski definition) is 1. The molecule has 0 spiro atoms. The number of nitrogens with one attached hydrogen (secondary N) is 1. The van der Waals surface area contributed by atoms with Gasteiger partial charge in [0.2, 0.25) is 5.95 Å². The summed E-state index contributed by atoms with van der Waals surface area (Å²) in [6.45, 7) is 0. The monoisotopic (exact) mass is 419 g/mol. The third-order valence-electron chi connectivity index (χ3n) is 4.38. The third-order valence-corrected chi connectivity index (χ3v) is 4.69. The standard InChI is InChI=1S/C20H11ClFN7O/c21-13-2-1-3-14-16(13)18-27-17(11-4-6-12(22)7-5-11)28-29(18)20(25-14)26-15-10-23-8-9-24-19(15)30/h1-10H,(H,24,25,26,30). The fraction of sp³-hybridized carbons (Fsp3) is 0. The van der Waals surface area contributed by atoms with Crippen LogP contribution in [-0.4, -0.2) is 29.5 Å². The molecule has 10 heteroatoms. The number of fused-ring (bicyclic) bond motifs is 3. The topological polar surface area (TPSA) is 98.0 Å². The lowest BCUT2D eigenvalue weighted by Gasteiger charge is -2.08. The Morgan fingerprint density at radius 2 is 1.87 bits per heavy atom. The number of benzene rings is 2. The van der Waals surface area contributed by atoms with Gasteiger partial charge in [-0.25, -0.2) is 19.3 Å². The summed E-state index contributed by atoms with van der Waals surface area (Å²) in [6.07, 6.45) is 4.06. The van der Waals surface area contributed by atoms with E-state index >= 15 is 0 Å². The van der Waals surface area contributed by atoms with E-state index in [9.17, 15) is 9.18 Å². The van der Waals surface area contributed by atoms with Crippen LogP contribution < -0.4 is 10.9 Å². The van der Waals surface area contributed by atoms with Crippen molar-refractivity contribution in [3.63, 3.8) is 0 Å². The fourth-order valence-corrected chi connectivity index (χ4v) is 3.25. The Hall–Kier alpha value is -3.98. The van der Waals surface area contributed by atoms with Gasteiger partial charge in [-0.2, -0.15) is 4.52 Å². The van der Waals surface area contributed by atoms with Crippen molar-refractivity contribution in [2.45, 2.75) is 0 Å². The molecule has 0 unspecified atom stereocenters. The van der Waals surface area contributed by atoms with Gasteiger partial charge in [-0.3, -0.25) is 9.78 Å². The molecule has 0 saturated heterocycles. The second-order valence-corrected chi connectivity index (χ2v) is 6.70. The summed E-state index contributed by atoms with van der Waals surface area (Å²) in [6, 6.07) is 11.1. The number of rotatable bonds is 3. The van der Waals surface area contributed by atoms with Crippen molar-refractivity contribution in [3.8, 4) is 11.4 Å². The largest absolute Gasteiger partial charge is 0.318 e. The van der Waals surface area contributed by atoms with Crippen LogP contribution in [0, 0.1) is 5.82 Å². The maximum absolute atomic E-state index is 13.3. The highest BCUT2D eigenvalue weighted by Gasteiger charge is 2.17. The normalized spacial score (nSPS) is 11.1. The molecule has 0 aliphatic rings. The first-order valence-corrected chi connectivity index (χ1v) is 9.16. The lowest BCUT2D eigenvalue weighted by atomic mass is 10.2. The minimum atomic E-state index is -0.507. The van der Waals surface area contributed by atoms with Crippen molar-refractivity contribution < 1.29 is 4.39 Å². The Morgan fingerprint density at radius 1 is 1.03 bits per heavy atom. The molecule has 0 aliphatic carbocycles. The Balaban J connectivity index is 1.78. The molecule has 3 heterocycles. The number of nitrogens with zero attached hydrogens (tertiary/aromatic N) is 6. The number of aromatic nitrogens is 6. The van der Waals surface area contributed by atoms with E-state index in [1.807, 2.05) is 0 Å². The van der Waals surface area contributed by atoms with Gasteiger partial charge in [-0.1, -0.05) is 17.7 Å². The first-order chi connectivity index (χ1) is 14.6. The van der Waals surface area contributed by atoms with E-state index < -0.39 is 5.56 Å². The molecule has 0 bridgehead atoms. The predicted octanol–water partition coefficient (Wildman–Crippen LogP) is 3.63. The summed E-state index contributed by atoms with van der Waals surface area (Å²) < 4.78 is 14.8. The summed E-state index contributed by atoms with van der Waals surface area (Å²) >= 11 is 6.41. The van der Waals surface area contributed by atoms with Crippen LogP contribution in [-0.2, 0) is 0 Å². The highest BCUT2D eigenvalue weighted by Crippen LogP contribution is 2.29. The van der Waals surface area contributed by atoms with Crippen molar-refractivity contribution in [1.29, 1.82) is 0 Å². The Labute approximate surface area is 173 Å². The van der Waals surface area contributed by atoms with Crippen molar-refractivity contribution in [2.75, 3.05) is 5.32 Å². The van der Waals surface area contributed by atoms with Gasteiger partial charge >= 0.3 is 0 Å². The fourth-order valence-electron chi connectivity index (χ4n) is 3.00. The summed E-state index contributed by atoms with van der Waals surface area (Å²) in [5, 5.41) is 8.48. The van der Waals surface area contributed by atoms with E-state index in [1.54, 1.807) is 30.3 Å². The highest BCUT2D eigenvalue weighted by atomic mass is 35.5. The molecule has 3 aromatic heterocycles. The molecule has 2 aromatic carbocycles. The summed E-state index contributed by atoms with van der Waals surface area (Å²) in [5.74, 6) is 0.219. The van der Waals surface area contributed by atoms with Gasteiger partial charge < -0.3 is 5.32 Å². The molecule has 0 amide bonds. The first kappa shape index (κ1) is 18.1. The molecule has 1 N–H and O–H groups in total. The second-order valence-electron chi connectivity index (χ2n) is 6.30. The smallest absolute Gasteiger partial charge is 0.295 e. The van der Waals surface area contributed by atoms with Crippen LogP contribution in [0.15, 0.2) is 65.8 Å². The van der Waals surface area contributed by atoms with Crippen LogP contribution in [0.5, 0.6) is 0 Å². The van der Waals surface area contributed by atoms with Crippen LogP contribution in [0.3, 0.4) is 0 Å². The van der Waals surface area contributed by atoms with Gasteiger partial charge in [0.15, 0.2) is 11.5 Å². The average Bonchev–Trinajstić information content (AvgIpc) is 3.08. The third kappa shape index (κ3) is 3.11. The highest BCUT2D eigenvalue weighted by molar-refractivity contribution is 6.36. The van der Waals surface area contributed by atoms with Crippen LogP contribution >= 0.6 is 11.6 Å². The number of anilines is 2. The molecule has 30 heavy (non-hydrogen) atoms. The van der Waals surface area contributed by atoms with E-state index in [2.05, 4.69) is 30.4 Å². The van der Waals surface area contributed by atoms with Gasteiger partial charge in [0, 0.05) is 18.0 Å². The van der Waals surface area contributed by atoms with E-state index in [4.69, 9.17) is 11.6 Å². The average molecular weight is 420 g/mol. The zero-order valence-corrected chi connectivity index (χ0v) is 15.9. The quantitative estimate of drug-likeness (QED) is 0.476. The molecule has 146 valence electrons. The molecule has 5 rings (SSSR count). The molecule has 0 atom stereocenters. The van der Waals surface area contributed by atoms with Crippen molar-refractivity contribution in [3.05, 3.63) is 82.2 Å². The summed E-state index contributed by atoms with van der Waals surface area (Å²) in [5.41, 5.74) is 1.22. The summed E-state index contributed by atoms with van der Waals surface area (Å²) in [7, 11) is 0. The molecular formula is C20H11ClFN7O. The van der Waals surface area contributed by atoms with Crippen molar-refractivity contribution in [2.24, 2.45) is 0 Å². The second kappa shape index (κ2) is 7.12. The molecule has 0 radical (unpaired) electrons. The SMILES string of the molecule is O=c1nccncc1Nc1nc2cccc(Cl)c2c2nc(-c3ccc(F)cc3)nn12. The molecule has 0 fully saturated rings. The van der Waals surface area contributed by atoms with Gasteiger partial charge in [-0.15, -0.1) is 5.10 Å².